The number of piperidine rings is 1. The lowest BCUT2D eigenvalue weighted by atomic mass is 9.99. The smallest absolute Gasteiger partial charge is 0.235 e. The molecular weight excluding hydrogens is 226 g/mol. The standard InChI is InChI=1S/C14H23N3O/c1-11(2)9-13-14(17-8-7-16-13)18-10-12-3-5-15-6-4-12/h7-8,11-12,15H,3-6,9-10H2,1-2H3. The van der Waals surface area contributed by atoms with E-state index >= 15 is 0 Å². The third-order valence-corrected chi connectivity index (χ3v) is 3.25. The molecule has 0 atom stereocenters. The van der Waals surface area contributed by atoms with Crippen LogP contribution in [0.4, 0.5) is 0 Å². The van der Waals surface area contributed by atoms with Crippen LogP contribution in [0.1, 0.15) is 32.4 Å². The highest BCUT2D eigenvalue weighted by Gasteiger charge is 2.15. The van der Waals surface area contributed by atoms with Crippen LogP contribution in [0.2, 0.25) is 0 Å². The topological polar surface area (TPSA) is 47.0 Å². The maximum atomic E-state index is 5.88. The Hall–Kier alpha value is -1.16. The Morgan fingerprint density at radius 3 is 2.72 bits per heavy atom. The van der Waals surface area contributed by atoms with E-state index in [-0.39, 0.29) is 0 Å². The summed E-state index contributed by atoms with van der Waals surface area (Å²) >= 11 is 0. The molecule has 1 aliphatic rings. The van der Waals surface area contributed by atoms with E-state index in [1.807, 2.05) is 0 Å². The second kappa shape index (κ2) is 6.69. The van der Waals surface area contributed by atoms with E-state index in [0.717, 1.165) is 37.7 Å². The molecule has 0 bridgehead atoms. The largest absolute Gasteiger partial charge is 0.476 e. The fourth-order valence-corrected chi connectivity index (χ4v) is 2.25. The Morgan fingerprint density at radius 1 is 1.28 bits per heavy atom. The van der Waals surface area contributed by atoms with Crippen LogP contribution < -0.4 is 10.1 Å². The summed E-state index contributed by atoms with van der Waals surface area (Å²) in [5.41, 5.74) is 0.987. The number of hydrogen-bond acceptors (Lipinski definition) is 4. The van der Waals surface area contributed by atoms with E-state index in [1.54, 1.807) is 12.4 Å². The van der Waals surface area contributed by atoms with Crippen molar-refractivity contribution in [1.29, 1.82) is 0 Å². The molecule has 1 aromatic heterocycles. The van der Waals surface area contributed by atoms with Gasteiger partial charge in [0.15, 0.2) is 0 Å². The van der Waals surface area contributed by atoms with Crippen LogP contribution in [-0.2, 0) is 6.42 Å². The number of nitrogens with one attached hydrogen (secondary N) is 1. The van der Waals surface area contributed by atoms with E-state index < -0.39 is 0 Å². The summed E-state index contributed by atoms with van der Waals surface area (Å²) in [6.07, 6.45) is 6.77. The second-order valence-electron chi connectivity index (χ2n) is 5.41. The number of hydrogen-bond donors (Lipinski definition) is 1. The van der Waals surface area contributed by atoms with Gasteiger partial charge in [-0.05, 0) is 44.2 Å². The predicted octanol–water partition coefficient (Wildman–Crippen LogP) is 2.05. The SMILES string of the molecule is CC(C)Cc1nccnc1OCC1CCNCC1. The van der Waals surface area contributed by atoms with Gasteiger partial charge in [0.25, 0.3) is 0 Å². The molecule has 0 amide bonds. The molecule has 1 aliphatic heterocycles. The van der Waals surface area contributed by atoms with Gasteiger partial charge in [0.2, 0.25) is 5.88 Å². The van der Waals surface area contributed by atoms with Gasteiger partial charge in [0, 0.05) is 12.4 Å². The van der Waals surface area contributed by atoms with Gasteiger partial charge in [0.1, 0.15) is 5.69 Å². The summed E-state index contributed by atoms with van der Waals surface area (Å²) < 4.78 is 5.88. The second-order valence-corrected chi connectivity index (χ2v) is 5.41. The fraction of sp³-hybridized carbons (Fsp3) is 0.714. The summed E-state index contributed by atoms with van der Waals surface area (Å²) in [6, 6.07) is 0. The van der Waals surface area contributed by atoms with Crippen molar-refractivity contribution in [2.75, 3.05) is 19.7 Å². The summed E-state index contributed by atoms with van der Waals surface area (Å²) in [6.45, 7) is 7.35. The third-order valence-electron chi connectivity index (χ3n) is 3.25. The van der Waals surface area contributed by atoms with Crippen LogP contribution in [0.3, 0.4) is 0 Å². The van der Waals surface area contributed by atoms with Crippen molar-refractivity contribution in [1.82, 2.24) is 15.3 Å². The van der Waals surface area contributed by atoms with Gasteiger partial charge < -0.3 is 10.1 Å². The minimum Gasteiger partial charge on any atom is -0.476 e. The zero-order chi connectivity index (χ0) is 12.8. The number of nitrogens with zero attached hydrogens (tertiary/aromatic N) is 2. The van der Waals surface area contributed by atoms with Gasteiger partial charge in [-0.15, -0.1) is 0 Å². The van der Waals surface area contributed by atoms with Crippen molar-refractivity contribution in [3.63, 3.8) is 0 Å². The summed E-state index contributed by atoms with van der Waals surface area (Å²) in [7, 11) is 0. The minimum absolute atomic E-state index is 0.572. The molecule has 2 rings (SSSR count). The molecule has 4 nitrogen and oxygen atoms in total. The van der Waals surface area contributed by atoms with Crippen molar-refractivity contribution in [2.24, 2.45) is 11.8 Å². The van der Waals surface area contributed by atoms with Crippen LogP contribution >= 0.6 is 0 Å². The molecule has 0 aromatic carbocycles. The van der Waals surface area contributed by atoms with E-state index in [0.29, 0.717) is 11.8 Å². The zero-order valence-corrected chi connectivity index (χ0v) is 11.4. The van der Waals surface area contributed by atoms with E-state index in [9.17, 15) is 0 Å². The Kier molecular flexibility index (Phi) is 4.93. The predicted molar refractivity (Wildman–Crippen MR) is 71.7 cm³/mol. The molecule has 1 saturated heterocycles. The van der Waals surface area contributed by atoms with Crippen molar-refractivity contribution in [3.8, 4) is 5.88 Å². The molecule has 1 fully saturated rings. The molecule has 0 unspecified atom stereocenters. The average molecular weight is 249 g/mol. The highest BCUT2D eigenvalue weighted by molar-refractivity contribution is 5.17. The maximum absolute atomic E-state index is 5.88. The maximum Gasteiger partial charge on any atom is 0.235 e. The van der Waals surface area contributed by atoms with E-state index in [1.165, 1.54) is 12.8 Å². The van der Waals surface area contributed by atoms with Crippen LogP contribution in [0.5, 0.6) is 5.88 Å². The van der Waals surface area contributed by atoms with E-state index in [4.69, 9.17) is 4.74 Å². The molecule has 18 heavy (non-hydrogen) atoms. The van der Waals surface area contributed by atoms with Crippen LogP contribution in [-0.4, -0.2) is 29.7 Å². The minimum atomic E-state index is 0.572. The molecule has 4 heteroatoms. The van der Waals surface area contributed by atoms with Gasteiger partial charge in [-0.2, -0.15) is 0 Å². The normalized spacial score (nSPS) is 17.1. The highest BCUT2D eigenvalue weighted by atomic mass is 16.5. The Morgan fingerprint density at radius 2 is 2.00 bits per heavy atom. The first-order chi connectivity index (χ1) is 8.75. The number of rotatable bonds is 5. The average Bonchev–Trinajstić information content (AvgIpc) is 2.38. The Bertz CT molecular complexity index is 362. The molecule has 100 valence electrons. The first kappa shape index (κ1) is 13.3. The molecule has 1 aromatic rings. The van der Waals surface area contributed by atoms with Crippen molar-refractivity contribution in [2.45, 2.75) is 33.1 Å². The van der Waals surface area contributed by atoms with Crippen LogP contribution in [0.15, 0.2) is 12.4 Å². The molecule has 0 saturated carbocycles. The van der Waals surface area contributed by atoms with Crippen LogP contribution in [0.25, 0.3) is 0 Å². The van der Waals surface area contributed by atoms with Crippen molar-refractivity contribution in [3.05, 3.63) is 18.1 Å². The lowest BCUT2D eigenvalue weighted by Gasteiger charge is -2.22. The monoisotopic (exact) mass is 249 g/mol. The van der Waals surface area contributed by atoms with Gasteiger partial charge >= 0.3 is 0 Å². The summed E-state index contributed by atoms with van der Waals surface area (Å²) in [4.78, 5) is 8.70. The zero-order valence-electron chi connectivity index (χ0n) is 11.4. The Balaban J connectivity index is 1.91. The first-order valence-electron chi connectivity index (χ1n) is 6.89. The molecule has 0 radical (unpaired) electrons. The lowest BCUT2D eigenvalue weighted by Crippen LogP contribution is -2.30. The fourth-order valence-electron chi connectivity index (χ4n) is 2.25. The molecule has 0 aliphatic carbocycles. The summed E-state index contributed by atoms with van der Waals surface area (Å²) in [5.74, 6) is 1.95. The molecule has 2 heterocycles. The Labute approximate surface area is 109 Å². The van der Waals surface area contributed by atoms with Gasteiger partial charge in [-0.1, -0.05) is 13.8 Å². The number of aromatic nitrogens is 2. The molecule has 0 spiro atoms. The van der Waals surface area contributed by atoms with Gasteiger partial charge in [0.05, 0.1) is 6.61 Å². The van der Waals surface area contributed by atoms with Crippen LogP contribution in [0, 0.1) is 11.8 Å². The van der Waals surface area contributed by atoms with Gasteiger partial charge in [-0.25, -0.2) is 4.98 Å². The molecule has 1 N–H and O–H groups in total. The first-order valence-corrected chi connectivity index (χ1v) is 6.89. The highest BCUT2D eigenvalue weighted by Crippen LogP contribution is 2.18. The van der Waals surface area contributed by atoms with Crippen molar-refractivity contribution >= 4 is 0 Å². The van der Waals surface area contributed by atoms with Crippen molar-refractivity contribution < 1.29 is 4.74 Å². The quantitative estimate of drug-likeness (QED) is 0.867. The molecular formula is C14H23N3O. The van der Waals surface area contributed by atoms with Gasteiger partial charge in [-0.3, -0.25) is 4.98 Å². The third kappa shape index (κ3) is 3.95. The summed E-state index contributed by atoms with van der Waals surface area (Å²) in [5, 5.41) is 3.37. The van der Waals surface area contributed by atoms with E-state index in [2.05, 4.69) is 29.1 Å². The lowest BCUT2D eigenvalue weighted by molar-refractivity contribution is 0.206. The number of ether oxygens (including phenoxy) is 1.